The third-order valence-electron chi connectivity index (χ3n) is 4.16. The van der Waals surface area contributed by atoms with Gasteiger partial charge in [0.2, 0.25) is 0 Å². The molecule has 0 radical (unpaired) electrons. The second-order valence-corrected chi connectivity index (χ2v) is 5.57. The molecule has 1 N–H and O–H groups in total. The van der Waals surface area contributed by atoms with Crippen LogP contribution in [0.25, 0.3) is 0 Å². The molecule has 0 aliphatic heterocycles. The Bertz CT molecular complexity index is 354. The molecule has 0 heterocycles. The predicted molar refractivity (Wildman–Crippen MR) is 81.1 cm³/mol. The lowest BCUT2D eigenvalue weighted by atomic mass is 9.86. The van der Waals surface area contributed by atoms with E-state index in [2.05, 4.69) is 59.1 Å². The van der Waals surface area contributed by atoms with Crippen molar-refractivity contribution < 1.29 is 0 Å². The highest BCUT2D eigenvalue weighted by Crippen LogP contribution is 2.30. The van der Waals surface area contributed by atoms with Crippen LogP contribution in [0.2, 0.25) is 0 Å². The van der Waals surface area contributed by atoms with Crippen molar-refractivity contribution in [3.8, 4) is 0 Å². The molecule has 0 saturated carbocycles. The molecule has 0 amide bonds. The van der Waals surface area contributed by atoms with Gasteiger partial charge in [0, 0.05) is 6.04 Å². The first-order valence-electron chi connectivity index (χ1n) is 7.28. The maximum Gasteiger partial charge on any atom is 0.0325 e. The Morgan fingerprint density at radius 1 is 1.00 bits per heavy atom. The molecule has 102 valence electrons. The molecule has 1 aromatic carbocycles. The minimum Gasteiger partial charge on any atom is -0.313 e. The van der Waals surface area contributed by atoms with Crippen LogP contribution in [0.1, 0.15) is 61.4 Å². The smallest absolute Gasteiger partial charge is 0.0325 e. The highest BCUT2D eigenvalue weighted by atomic mass is 14.9. The van der Waals surface area contributed by atoms with Gasteiger partial charge in [-0.3, -0.25) is 0 Å². The van der Waals surface area contributed by atoms with Crippen LogP contribution >= 0.6 is 0 Å². The monoisotopic (exact) mass is 247 g/mol. The van der Waals surface area contributed by atoms with Gasteiger partial charge in [0.1, 0.15) is 0 Å². The predicted octanol–water partition coefficient (Wildman–Crippen LogP) is 4.70. The molecule has 1 unspecified atom stereocenters. The first-order valence-corrected chi connectivity index (χ1v) is 7.28. The number of rotatable bonds is 6. The standard InChI is InChI=1S/C17H29N/c1-7-15(8-2)11-16(18-6)17-13(4)9-12(3)10-14(17)5/h9-10,15-16,18H,7-8,11H2,1-6H3. The number of aryl methyl sites for hydroxylation is 3. The second kappa shape index (κ2) is 6.94. The summed E-state index contributed by atoms with van der Waals surface area (Å²) in [6.07, 6.45) is 3.80. The van der Waals surface area contributed by atoms with E-state index in [0.29, 0.717) is 6.04 Å². The molecule has 0 aliphatic carbocycles. The Balaban J connectivity index is 3.01. The van der Waals surface area contributed by atoms with E-state index in [9.17, 15) is 0 Å². The van der Waals surface area contributed by atoms with Gasteiger partial charge < -0.3 is 5.32 Å². The molecule has 0 fully saturated rings. The van der Waals surface area contributed by atoms with Crippen LogP contribution in [0.5, 0.6) is 0 Å². The van der Waals surface area contributed by atoms with Crippen molar-refractivity contribution in [2.75, 3.05) is 7.05 Å². The quantitative estimate of drug-likeness (QED) is 0.768. The number of nitrogens with one attached hydrogen (secondary N) is 1. The maximum absolute atomic E-state index is 3.52. The molecule has 18 heavy (non-hydrogen) atoms. The van der Waals surface area contributed by atoms with Crippen LogP contribution in [0.15, 0.2) is 12.1 Å². The first-order chi connectivity index (χ1) is 8.53. The Kier molecular flexibility index (Phi) is 5.87. The topological polar surface area (TPSA) is 12.0 Å². The molecule has 1 atom stereocenters. The average Bonchev–Trinajstić information content (AvgIpc) is 2.32. The summed E-state index contributed by atoms with van der Waals surface area (Å²) in [4.78, 5) is 0. The van der Waals surface area contributed by atoms with Crippen molar-refractivity contribution >= 4 is 0 Å². The zero-order chi connectivity index (χ0) is 13.7. The molecule has 1 heteroatoms. The summed E-state index contributed by atoms with van der Waals surface area (Å²) in [5.74, 6) is 0.822. The Labute approximate surface area is 113 Å². The fraction of sp³-hybridized carbons (Fsp3) is 0.647. The summed E-state index contributed by atoms with van der Waals surface area (Å²) in [5, 5.41) is 3.52. The van der Waals surface area contributed by atoms with Crippen LogP contribution in [-0.2, 0) is 0 Å². The lowest BCUT2D eigenvalue weighted by Crippen LogP contribution is -2.21. The van der Waals surface area contributed by atoms with Crippen LogP contribution in [0.3, 0.4) is 0 Å². The zero-order valence-corrected chi connectivity index (χ0v) is 12.9. The van der Waals surface area contributed by atoms with Gasteiger partial charge in [-0.1, -0.05) is 44.4 Å². The fourth-order valence-electron chi connectivity index (χ4n) is 3.08. The van der Waals surface area contributed by atoms with E-state index in [1.165, 1.54) is 41.5 Å². The molecule has 1 rings (SSSR count). The number of hydrogen-bond donors (Lipinski definition) is 1. The van der Waals surface area contributed by atoms with E-state index in [4.69, 9.17) is 0 Å². The van der Waals surface area contributed by atoms with Gasteiger partial charge in [0.25, 0.3) is 0 Å². The maximum atomic E-state index is 3.52. The molecular formula is C17H29N. The SMILES string of the molecule is CCC(CC)CC(NC)c1c(C)cc(C)cc1C. The van der Waals surface area contributed by atoms with Crippen molar-refractivity contribution in [1.29, 1.82) is 0 Å². The van der Waals surface area contributed by atoms with Gasteiger partial charge in [-0.05, 0) is 56.8 Å². The highest BCUT2D eigenvalue weighted by molar-refractivity contribution is 5.39. The van der Waals surface area contributed by atoms with E-state index in [-0.39, 0.29) is 0 Å². The summed E-state index contributed by atoms with van der Waals surface area (Å²) >= 11 is 0. The van der Waals surface area contributed by atoms with Gasteiger partial charge >= 0.3 is 0 Å². The molecule has 0 aromatic heterocycles. The summed E-state index contributed by atoms with van der Waals surface area (Å²) in [5.41, 5.74) is 5.73. The summed E-state index contributed by atoms with van der Waals surface area (Å²) in [6.45, 7) is 11.3. The second-order valence-electron chi connectivity index (χ2n) is 5.57. The minimum absolute atomic E-state index is 0.496. The van der Waals surface area contributed by atoms with Crippen molar-refractivity contribution in [3.63, 3.8) is 0 Å². The third kappa shape index (κ3) is 3.58. The highest BCUT2D eigenvalue weighted by Gasteiger charge is 2.18. The molecule has 1 aromatic rings. The zero-order valence-electron chi connectivity index (χ0n) is 12.9. The van der Waals surface area contributed by atoms with E-state index < -0.39 is 0 Å². The Morgan fingerprint density at radius 3 is 1.89 bits per heavy atom. The summed E-state index contributed by atoms with van der Waals surface area (Å²) < 4.78 is 0. The lowest BCUT2D eigenvalue weighted by Gasteiger charge is -2.25. The van der Waals surface area contributed by atoms with Gasteiger partial charge in [0.15, 0.2) is 0 Å². The third-order valence-corrected chi connectivity index (χ3v) is 4.16. The van der Waals surface area contributed by atoms with E-state index in [1.807, 2.05) is 0 Å². The largest absolute Gasteiger partial charge is 0.313 e. The van der Waals surface area contributed by atoms with Crippen molar-refractivity contribution in [1.82, 2.24) is 5.32 Å². The molecule has 0 bridgehead atoms. The van der Waals surface area contributed by atoms with E-state index in [1.54, 1.807) is 0 Å². The molecule has 0 spiro atoms. The molecule has 1 nitrogen and oxygen atoms in total. The Hall–Kier alpha value is -0.820. The van der Waals surface area contributed by atoms with Crippen LogP contribution < -0.4 is 5.32 Å². The van der Waals surface area contributed by atoms with E-state index >= 15 is 0 Å². The Morgan fingerprint density at radius 2 is 1.50 bits per heavy atom. The van der Waals surface area contributed by atoms with Crippen LogP contribution in [0.4, 0.5) is 0 Å². The van der Waals surface area contributed by atoms with Crippen molar-refractivity contribution in [2.45, 2.75) is 59.9 Å². The average molecular weight is 247 g/mol. The van der Waals surface area contributed by atoms with E-state index in [0.717, 1.165) is 5.92 Å². The first kappa shape index (κ1) is 15.2. The molecule has 0 aliphatic rings. The fourth-order valence-corrected chi connectivity index (χ4v) is 3.08. The number of benzene rings is 1. The lowest BCUT2D eigenvalue weighted by molar-refractivity contribution is 0.384. The van der Waals surface area contributed by atoms with Crippen molar-refractivity contribution in [3.05, 3.63) is 34.4 Å². The number of hydrogen-bond acceptors (Lipinski definition) is 1. The normalized spacial score (nSPS) is 13.1. The van der Waals surface area contributed by atoms with Crippen LogP contribution in [-0.4, -0.2) is 7.05 Å². The minimum atomic E-state index is 0.496. The molecule has 0 saturated heterocycles. The van der Waals surface area contributed by atoms with Gasteiger partial charge in [0.05, 0.1) is 0 Å². The summed E-state index contributed by atoms with van der Waals surface area (Å²) in [7, 11) is 2.09. The molecular weight excluding hydrogens is 218 g/mol. The van der Waals surface area contributed by atoms with Crippen LogP contribution in [0, 0.1) is 26.7 Å². The van der Waals surface area contributed by atoms with Gasteiger partial charge in [-0.15, -0.1) is 0 Å². The van der Waals surface area contributed by atoms with Gasteiger partial charge in [-0.2, -0.15) is 0 Å². The van der Waals surface area contributed by atoms with Crippen molar-refractivity contribution in [2.24, 2.45) is 5.92 Å². The summed E-state index contributed by atoms with van der Waals surface area (Å²) in [6, 6.07) is 5.11. The van der Waals surface area contributed by atoms with Gasteiger partial charge in [-0.25, -0.2) is 0 Å².